The van der Waals surface area contributed by atoms with Gasteiger partial charge in [-0.1, -0.05) is 60.2 Å². The second-order valence-corrected chi connectivity index (χ2v) is 7.67. The maximum Gasteiger partial charge on any atom is 0.322 e. The maximum atomic E-state index is 14.1. The SMILES string of the molecule is COc1ccc(CCN(C/C(C)=C/c2ccccc2)C(=O)Nc2ccccc2F)cc1OC. The standard InChI is InChI=1S/C27H29FN2O3/c1-20(17-21-9-5-4-6-10-21)19-30(27(31)29-24-12-8-7-11-23(24)28)16-15-22-13-14-25(32-2)26(18-22)33-3/h4-14,17-18H,15-16,19H2,1-3H3,(H,29,31)/b20-17+. The first-order valence-electron chi connectivity index (χ1n) is 10.7. The van der Waals surface area contributed by atoms with Crippen LogP contribution in [-0.2, 0) is 6.42 Å². The number of hydrogen-bond donors (Lipinski definition) is 1. The summed E-state index contributed by atoms with van der Waals surface area (Å²) < 4.78 is 24.8. The van der Waals surface area contributed by atoms with Gasteiger partial charge < -0.3 is 19.7 Å². The number of anilines is 1. The lowest BCUT2D eigenvalue weighted by Crippen LogP contribution is -2.37. The van der Waals surface area contributed by atoms with E-state index >= 15 is 0 Å². The lowest BCUT2D eigenvalue weighted by Gasteiger charge is -2.24. The summed E-state index contributed by atoms with van der Waals surface area (Å²) in [5.41, 5.74) is 3.23. The minimum atomic E-state index is -0.470. The zero-order valence-corrected chi connectivity index (χ0v) is 19.2. The van der Waals surface area contributed by atoms with Gasteiger partial charge in [0.25, 0.3) is 0 Å². The summed E-state index contributed by atoms with van der Waals surface area (Å²) in [4.78, 5) is 14.8. The first-order valence-corrected chi connectivity index (χ1v) is 10.7. The van der Waals surface area contributed by atoms with Crippen molar-refractivity contribution in [3.05, 3.63) is 95.3 Å². The topological polar surface area (TPSA) is 50.8 Å². The minimum absolute atomic E-state index is 0.156. The van der Waals surface area contributed by atoms with Crippen molar-refractivity contribution in [1.82, 2.24) is 4.90 Å². The average Bonchev–Trinajstić information content (AvgIpc) is 2.83. The predicted octanol–water partition coefficient (Wildman–Crippen LogP) is 6.02. The largest absolute Gasteiger partial charge is 0.493 e. The van der Waals surface area contributed by atoms with Crippen molar-refractivity contribution in [2.45, 2.75) is 13.3 Å². The molecular formula is C27H29FN2O3. The van der Waals surface area contributed by atoms with Gasteiger partial charge in [0.2, 0.25) is 0 Å². The van der Waals surface area contributed by atoms with Gasteiger partial charge in [-0.15, -0.1) is 0 Å². The molecule has 0 aliphatic heterocycles. The Balaban J connectivity index is 1.77. The van der Waals surface area contributed by atoms with E-state index in [-0.39, 0.29) is 11.7 Å². The molecule has 3 rings (SSSR count). The van der Waals surface area contributed by atoms with Crippen LogP contribution in [0.4, 0.5) is 14.9 Å². The van der Waals surface area contributed by atoms with Crippen LogP contribution in [0.5, 0.6) is 11.5 Å². The molecule has 0 unspecified atom stereocenters. The number of ether oxygens (including phenoxy) is 2. The van der Waals surface area contributed by atoms with Crippen LogP contribution in [0.25, 0.3) is 6.08 Å². The van der Waals surface area contributed by atoms with Crippen LogP contribution < -0.4 is 14.8 Å². The van der Waals surface area contributed by atoms with Crippen molar-refractivity contribution in [3.8, 4) is 11.5 Å². The van der Waals surface area contributed by atoms with E-state index in [0.717, 1.165) is 16.7 Å². The van der Waals surface area contributed by atoms with Crippen LogP contribution in [-0.4, -0.2) is 38.2 Å². The Labute approximate surface area is 194 Å². The number of rotatable bonds is 9. The highest BCUT2D eigenvalue weighted by molar-refractivity contribution is 5.89. The van der Waals surface area contributed by atoms with E-state index in [0.29, 0.717) is 31.0 Å². The molecule has 0 bridgehead atoms. The lowest BCUT2D eigenvalue weighted by atomic mass is 10.1. The van der Waals surface area contributed by atoms with Gasteiger partial charge in [-0.25, -0.2) is 9.18 Å². The van der Waals surface area contributed by atoms with Crippen LogP contribution in [0, 0.1) is 5.82 Å². The third-order valence-corrected chi connectivity index (χ3v) is 5.17. The maximum absolute atomic E-state index is 14.1. The van der Waals surface area contributed by atoms with Gasteiger partial charge in [-0.05, 0) is 48.7 Å². The third kappa shape index (κ3) is 6.84. The normalized spacial score (nSPS) is 11.1. The van der Waals surface area contributed by atoms with E-state index < -0.39 is 5.82 Å². The van der Waals surface area contributed by atoms with Crippen molar-refractivity contribution < 1.29 is 18.7 Å². The van der Waals surface area contributed by atoms with Crippen molar-refractivity contribution in [3.63, 3.8) is 0 Å². The second-order valence-electron chi connectivity index (χ2n) is 7.67. The zero-order valence-electron chi connectivity index (χ0n) is 19.2. The van der Waals surface area contributed by atoms with Crippen molar-refractivity contribution >= 4 is 17.8 Å². The number of urea groups is 1. The van der Waals surface area contributed by atoms with Crippen molar-refractivity contribution in [2.75, 3.05) is 32.6 Å². The molecule has 0 radical (unpaired) electrons. The number of methoxy groups -OCH3 is 2. The third-order valence-electron chi connectivity index (χ3n) is 5.17. The highest BCUT2D eigenvalue weighted by Gasteiger charge is 2.16. The molecule has 172 valence electrons. The van der Waals surface area contributed by atoms with Gasteiger partial charge in [0.15, 0.2) is 11.5 Å². The average molecular weight is 449 g/mol. The number of hydrogen-bond acceptors (Lipinski definition) is 3. The summed E-state index contributed by atoms with van der Waals surface area (Å²) in [6.45, 7) is 2.82. The fourth-order valence-electron chi connectivity index (χ4n) is 3.49. The molecule has 0 aliphatic carbocycles. The molecule has 0 spiro atoms. The molecule has 0 heterocycles. The number of halogens is 1. The first kappa shape index (κ1) is 23.9. The van der Waals surface area contributed by atoms with Gasteiger partial charge in [0.05, 0.1) is 19.9 Å². The Bertz CT molecular complexity index is 1100. The summed E-state index contributed by atoms with van der Waals surface area (Å²) >= 11 is 0. The Morgan fingerprint density at radius 2 is 1.67 bits per heavy atom. The Morgan fingerprint density at radius 1 is 0.970 bits per heavy atom. The van der Waals surface area contributed by atoms with Crippen LogP contribution in [0.15, 0.2) is 78.4 Å². The van der Waals surface area contributed by atoms with E-state index in [1.54, 1.807) is 37.3 Å². The Hall–Kier alpha value is -3.80. The fourth-order valence-corrected chi connectivity index (χ4v) is 3.49. The number of para-hydroxylation sites is 1. The van der Waals surface area contributed by atoms with Crippen LogP contribution in [0.3, 0.4) is 0 Å². The van der Waals surface area contributed by atoms with Crippen LogP contribution >= 0.6 is 0 Å². The summed E-state index contributed by atoms with van der Waals surface area (Å²) in [5.74, 6) is 0.816. The summed E-state index contributed by atoms with van der Waals surface area (Å²) in [7, 11) is 3.18. The molecule has 33 heavy (non-hydrogen) atoms. The molecule has 6 heteroatoms. The number of carbonyl (C=O) groups excluding carboxylic acids is 1. The molecule has 0 atom stereocenters. The summed E-state index contributed by atoms with van der Waals surface area (Å²) in [6.07, 6.45) is 2.64. The first-order chi connectivity index (χ1) is 16.0. The quantitative estimate of drug-likeness (QED) is 0.435. The minimum Gasteiger partial charge on any atom is -0.493 e. The monoisotopic (exact) mass is 448 g/mol. The Morgan fingerprint density at radius 3 is 2.36 bits per heavy atom. The van der Waals surface area contributed by atoms with Gasteiger partial charge >= 0.3 is 6.03 Å². The predicted molar refractivity (Wildman–Crippen MR) is 130 cm³/mol. The number of carbonyl (C=O) groups is 1. The molecule has 0 saturated heterocycles. The van der Waals surface area contributed by atoms with Gasteiger partial charge in [0, 0.05) is 13.1 Å². The van der Waals surface area contributed by atoms with E-state index in [4.69, 9.17) is 9.47 Å². The van der Waals surface area contributed by atoms with Crippen molar-refractivity contribution in [1.29, 1.82) is 0 Å². The van der Waals surface area contributed by atoms with Gasteiger partial charge in [0.1, 0.15) is 5.82 Å². The van der Waals surface area contributed by atoms with E-state index in [1.165, 1.54) is 6.07 Å². The van der Waals surface area contributed by atoms with Gasteiger partial charge in [-0.2, -0.15) is 0 Å². The molecule has 0 aliphatic rings. The molecule has 3 aromatic rings. The van der Waals surface area contributed by atoms with E-state index in [1.807, 2.05) is 61.5 Å². The molecular weight excluding hydrogens is 419 g/mol. The number of amides is 2. The van der Waals surface area contributed by atoms with Crippen LogP contribution in [0.1, 0.15) is 18.1 Å². The fraction of sp³-hybridized carbons (Fsp3) is 0.222. The summed E-state index contributed by atoms with van der Waals surface area (Å²) in [6, 6.07) is 21.4. The van der Waals surface area contributed by atoms with Crippen molar-refractivity contribution in [2.24, 2.45) is 0 Å². The van der Waals surface area contributed by atoms with Gasteiger partial charge in [-0.3, -0.25) is 0 Å². The molecule has 0 saturated carbocycles. The van der Waals surface area contributed by atoms with Crippen LogP contribution in [0.2, 0.25) is 0 Å². The highest BCUT2D eigenvalue weighted by atomic mass is 19.1. The number of nitrogens with one attached hydrogen (secondary N) is 1. The molecule has 0 fully saturated rings. The number of benzene rings is 3. The van der Waals surface area contributed by atoms with E-state index in [2.05, 4.69) is 5.32 Å². The molecule has 3 aromatic carbocycles. The highest BCUT2D eigenvalue weighted by Crippen LogP contribution is 2.28. The molecule has 1 N–H and O–H groups in total. The molecule has 5 nitrogen and oxygen atoms in total. The second kappa shape index (κ2) is 11.7. The summed E-state index contributed by atoms with van der Waals surface area (Å²) in [5, 5.41) is 2.70. The number of nitrogens with zero attached hydrogens (tertiary/aromatic N) is 1. The zero-order chi connectivity index (χ0) is 23.6. The molecule has 0 aromatic heterocycles. The molecule has 2 amide bonds. The smallest absolute Gasteiger partial charge is 0.322 e. The van der Waals surface area contributed by atoms with E-state index in [9.17, 15) is 9.18 Å². The Kier molecular flexibility index (Phi) is 8.47. The lowest BCUT2D eigenvalue weighted by molar-refractivity contribution is 0.216.